The van der Waals surface area contributed by atoms with Crippen LogP contribution in [-0.4, -0.2) is 21.8 Å². The molecule has 6 heteroatoms. The lowest BCUT2D eigenvalue weighted by Crippen LogP contribution is -1.99. The number of nitrogens with zero attached hydrogens (tertiary/aromatic N) is 3. The van der Waals surface area contributed by atoms with Gasteiger partial charge < -0.3 is 5.53 Å². The van der Waals surface area contributed by atoms with Gasteiger partial charge in [-0.1, -0.05) is 15.9 Å². The number of Topliss-reactive ketones (excluding diaryl/α,β-unsaturated/α-hetero) is 1. The summed E-state index contributed by atoms with van der Waals surface area (Å²) in [5.41, 5.74) is 9.00. The van der Waals surface area contributed by atoms with Crippen molar-refractivity contribution in [3.8, 4) is 0 Å². The van der Waals surface area contributed by atoms with Gasteiger partial charge in [-0.15, -0.1) is 11.3 Å². The van der Waals surface area contributed by atoms with E-state index in [0.29, 0.717) is 5.01 Å². The number of carbonyl (C=O) groups excluding carboxylic acids is 1. The highest BCUT2D eigenvalue weighted by atomic mass is 79.9. The molecule has 0 spiro atoms. The number of aromatic nitrogens is 1. The van der Waals surface area contributed by atoms with Gasteiger partial charge in [-0.05, 0) is 18.2 Å². The standard InChI is InChI=1S/C9H4BrN3OS/c10-5-1-2-6-8(3-5)15-9(13-6)7(14)4-12-11/h1-4H. The van der Waals surface area contributed by atoms with E-state index in [4.69, 9.17) is 5.53 Å². The van der Waals surface area contributed by atoms with Gasteiger partial charge in [-0.2, -0.15) is 4.79 Å². The number of carbonyl (C=O) groups is 1. The molecule has 0 aliphatic rings. The van der Waals surface area contributed by atoms with Crippen LogP contribution in [0.3, 0.4) is 0 Å². The Bertz CT molecular complexity index is 586. The lowest BCUT2D eigenvalue weighted by Gasteiger charge is -1.86. The Kier molecular flexibility index (Phi) is 2.73. The molecule has 2 rings (SSSR count). The Morgan fingerprint density at radius 1 is 1.60 bits per heavy atom. The summed E-state index contributed by atoms with van der Waals surface area (Å²) in [5.74, 6) is -0.394. The molecule has 15 heavy (non-hydrogen) atoms. The zero-order valence-electron chi connectivity index (χ0n) is 7.35. The Hall–Kier alpha value is -1.36. The van der Waals surface area contributed by atoms with Crippen LogP contribution in [0.15, 0.2) is 22.7 Å². The molecule has 1 heterocycles. The molecular formula is C9H4BrN3OS. The Morgan fingerprint density at radius 2 is 2.40 bits per heavy atom. The number of rotatable bonds is 2. The van der Waals surface area contributed by atoms with Gasteiger partial charge >= 0.3 is 6.21 Å². The first-order valence-corrected chi connectivity index (χ1v) is 5.59. The topological polar surface area (TPSA) is 66.4 Å². The van der Waals surface area contributed by atoms with Gasteiger partial charge in [0, 0.05) is 4.47 Å². The van der Waals surface area contributed by atoms with Crippen molar-refractivity contribution in [2.75, 3.05) is 0 Å². The average molecular weight is 282 g/mol. The fraction of sp³-hybridized carbons (Fsp3) is 0. The average Bonchev–Trinajstić information content (AvgIpc) is 2.60. The third-order valence-corrected chi connectivity index (χ3v) is 3.26. The number of benzene rings is 1. The number of halogens is 1. The molecule has 0 amide bonds. The largest absolute Gasteiger partial charge is 0.361 e. The summed E-state index contributed by atoms with van der Waals surface area (Å²) >= 11 is 4.60. The number of ketones is 1. The monoisotopic (exact) mass is 281 g/mol. The van der Waals surface area contributed by atoms with Gasteiger partial charge in [-0.25, -0.2) is 4.98 Å². The molecule has 0 saturated carbocycles. The third kappa shape index (κ3) is 2.02. The van der Waals surface area contributed by atoms with Crippen LogP contribution in [0.25, 0.3) is 15.7 Å². The summed E-state index contributed by atoms with van der Waals surface area (Å²) in [6, 6.07) is 5.57. The highest BCUT2D eigenvalue weighted by molar-refractivity contribution is 9.10. The lowest BCUT2D eigenvalue weighted by atomic mass is 10.3. The van der Waals surface area contributed by atoms with Crippen LogP contribution in [0, 0.1) is 0 Å². The third-order valence-electron chi connectivity index (χ3n) is 1.74. The fourth-order valence-electron chi connectivity index (χ4n) is 1.11. The quantitative estimate of drug-likeness (QED) is 0.367. The van der Waals surface area contributed by atoms with E-state index in [1.54, 1.807) is 0 Å². The summed E-state index contributed by atoms with van der Waals surface area (Å²) in [4.78, 5) is 18.1. The van der Waals surface area contributed by atoms with Crippen molar-refractivity contribution < 1.29 is 9.58 Å². The van der Waals surface area contributed by atoms with Crippen molar-refractivity contribution in [2.45, 2.75) is 0 Å². The van der Waals surface area contributed by atoms with E-state index in [9.17, 15) is 4.79 Å². The summed E-state index contributed by atoms with van der Waals surface area (Å²) in [6.45, 7) is 0. The zero-order chi connectivity index (χ0) is 10.8. The van der Waals surface area contributed by atoms with Crippen LogP contribution in [-0.2, 0) is 0 Å². The molecular weight excluding hydrogens is 278 g/mol. The van der Waals surface area contributed by atoms with E-state index >= 15 is 0 Å². The summed E-state index contributed by atoms with van der Waals surface area (Å²) < 4.78 is 1.85. The van der Waals surface area contributed by atoms with Gasteiger partial charge in [0.25, 0.3) is 5.78 Å². The van der Waals surface area contributed by atoms with Crippen LogP contribution in [0.5, 0.6) is 0 Å². The van der Waals surface area contributed by atoms with E-state index in [0.717, 1.165) is 20.9 Å². The predicted molar refractivity (Wildman–Crippen MR) is 61.3 cm³/mol. The first-order valence-electron chi connectivity index (χ1n) is 3.98. The second-order valence-corrected chi connectivity index (χ2v) is 4.69. The molecule has 4 nitrogen and oxygen atoms in total. The minimum absolute atomic E-state index is 0.320. The number of hydrogen-bond donors (Lipinski definition) is 0. The molecule has 0 bridgehead atoms. The molecule has 0 atom stereocenters. The van der Waals surface area contributed by atoms with Gasteiger partial charge in [-0.3, -0.25) is 4.79 Å². The SMILES string of the molecule is [N-]=[N+]=CC(=O)c1nc2ccc(Br)cc2s1. The van der Waals surface area contributed by atoms with E-state index in [1.807, 2.05) is 18.2 Å². The molecule has 0 N–H and O–H groups in total. The highest BCUT2D eigenvalue weighted by Gasteiger charge is 2.13. The minimum atomic E-state index is -0.394. The number of hydrogen-bond acceptors (Lipinski definition) is 3. The van der Waals surface area contributed by atoms with Crippen molar-refractivity contribution in [3.63, 3.8) is 0 Å². The van der Waals surface area contributed by atoms with Crippen molar-refractivity contribution in [2.24, 2.45) is 0 Å². The maximum atomic E-state index is 11.3. The van der Waals surface area contributed by atoms with Crippen molar-refractivity contribution in [3.05, 3.63) is 33.2 Å². The highest BCUT2D eigenvalue weighted by Crippen LogP contribution is 2.25. The van der Waals surface area contributed by atoms with Gasteiger partial charge in [0.15, 0.2) is 5.01 Å². The van der Waals surface area contributed by atoms with Crippen molar-refractivity contribution in [1.82, 2.24) is 4.98 Å². The maximum absolute atomic E-state index is 11.3. The molecule has 0 unspecified atom stereocenters. The second kappa shape index (κ2) is 4.02. The van der Waals surface area contributed by atoms with E-state index in [1.165, 1.54) is 11.3 Å². The van der Waals surface area contributed by atoms with Crippen molar-refractivity contribution in [1.29, 1.82) is 0 Å². The normalized spacial score (nSPS) is 9.93. The second-order valence-electron chi connectivity index (χ2n) is 2.74. The predicted octanol–water partition coefficient (Wildman–Crippen LogP) is 2.54. The molecule has 0 aliphatic heterocycles. The van der Waals surface area contributed by atoms with E-state index < -0.39 is 5.78 Å². The summed E-state index contributed by atoms with van der Waals surface area (Å²) in [5, 5.41) is 0.320. The summed E-state index contributed by atoms with van der Waals surface area (Å²) in [7, 11) is 0. The van der Waals surface area contributed by atoms with Crippen LogP contribution < -0.4 is 0 Å². The molecule has 1 aromatic heterocycles. The Balaban J connectivity index is 2.56. The first kappa shape index (κ1) is 10.2. The van der Waals surface area contributed by atoms with Gasteiger partial charge in [0.2, 0.25) is 0 Å². The molecule has 0 radical (unpaired) electrons. The first-order chi connectivity index (χ1) is 7.20. The summed E-state index contributed by atoms with van der Waals surface area (Å²) in [6.07, 6.45) is 0.840. The molecule has 0 fully saturated rings. The molecule has 0 aliphatic carbocycles. The van der Waals surface area contributed by atoms with Gasteiger partial charge in [0.1, 0.15) is 0 Å². The molecule has 1 aromatic carbocycles. The molecule has 0 saturated heterocycles. The van der Waals surface area contributed by atoms with Crippen molar-refractivity contribution >= 4 is 49.5 Å². The van der Waals surface area contributed by atoms with E-state index in [2.05, 4.69) is 25.7 Å². The minimum Gasteiger partial charge on any atom is -0.361 e. The Morgan fingerprint density at radius 3 is 3.13 bits per heavy atom. The van der Waals surface area contributed by atoms with Crippen LogP contribution >= 0.6 is 27.3 Å². The number of thiazole rings is 1. The maximum Gasteiger partial charge on any atom is 0.330 e. The lowest BCUT2D eigenvalue weighted by molar-refractivity contribution is 0.00235. The van der Waals surface area contributed by atoms with Crippen LogP contribution in [0.4, 0.5) is 0 Å². The molecule has 2 aromatic rings. The fourth-order valence-corrected chi connectivity index (χ4v) is 2.53. The van der Waals surface area contributed by atoms with Crippen LogP contribution in [0.1, 0.15) is 9.80 Å². The van der Waals surface area contributed by atoms with Gasteiger partial charge in [0.05, 0.1) is 10.2 Å². The number of fused-ring (bicyclic) bond motifs is 1. The van der Waals surface area contributed by atoms with Crippen LogP contribution in [0.2, 0.25) is 0 Å². The van der Waals surface area contributed by atoms with E-state index in [-0.39, 0.29) is 0 Å². The zero-order valence-corrected chi connectivity index (χ0v) is 9.75. The molecule has 74 valence electrons. The smallest absolute Gasteiger partial charge is 0.330 e. The Labute approximate surface area is 97.3 Å².